The van der Waals surface area contributed by atoms with E-state index in [4.69, 9.17) is 5.73 Å². The minimum absolute atomic E-state index is 0.0841. The topological polar surface area (TPSA) is 103 Å². The van der Waals surface area contributed by atoms with Gasteiger partial charge in [-0.25, -0.2) is 0 Å². The minimum Gasteiger partial charge on any atom is -0.405 e. The smallest absolute Gasteiger partial charge is 0.405 e. The van der Waals surface area contributed by atoms with Crippen LogP contribution in [-0.4, -0.2) is 22.7 Å². The van der Waals surface area contributed by atoms with Gasteiger partial charge in [-0.1, -0.05) is 6.07 Å². The summed E-state index contributed by atoms with van der Waals surface area (Å²) in [6, 6.07) is 4.43. The molecule has 0 radical (unpaired) electrons. The maximum absolute atomic E-state index is 12.5. The molecule has 1 aliphatic heterocycles. The molecule has 0 saturated heterocycles. The fraction of sp³-hybridized carbons (Fsp3) is 0.0714. The molecule has 7 nitrogen and oxygen atoms in total. The van der Waals surface area contributed by atoms with Crippen molar-refractivity contribution in [3.8, 4) is 11.4 Å². The van der Waals surface area contributed by atoms with Crippen LogP contribution >= 0.6 is 15.9 Å². The van der Waals surface area contributed by atoms with Gasteiger partial charge >= 0.3 is 6.36 Å². The number of anilines is 1. The van der Waals surface area contributed by atoms with Crippen molar-refractivity contribution < 1.29 is 27.5 Å². The molecule has 1 aromatic carbocycles. The fourth-order valence-corrected chi connectivity index (χ4v) is 2.93. The Morgan fingerprint density at radius 1 is 1.16 bits per heavy atom. The number of nitrogens with two attached hydrogens (primary N) is 1. The molecule has 0 atom stereocenters. The Labute approximate surface area is 145 Å². The van der Waals surface area contributed by atoms with Crippen molar-refractivity contribution >= 4 is 33.6 Å². The summed E-state index contributed by atoms with van der Waals surface area (Å²) in [4.78, 5) is 35.7. The van der Waals surface area contributed by atoms with E-state index in [9.17, 15) is 27.6 Å². The quantitative estimate of drug-likeness (QED) is 0.727. The zero-order chi connectivity index (χ0) is 18.5. The molecule has 25 heavy (non-hydrogen) atoms. The Balaban J connectivity index is 2.24. The molecule has 0 unspecified atom stereocenters. The highest BCUT2D eigenvalue weighted by Crippen LogP contribution is 2.35. The lowest BCUT2D eigenvalue weighted by Gasteiger charge is -2.16. The molecule has 1 aliphatic rings. The molecule has 3 rings (SSSR count). The standard InChI is InChI=1S/C14H7BrF3N3O4/c15-10-6(2-1-3-7(10)25-14(16,17)18)21-8(22)4-5-9(11(21)19)13(24)20-12(5)23/h1-4H,19H2,(H,20,23,24). The number of fused-ring (bicyclic) bond motifs is 1. The fourth-order valence-electron chi connectivity index (χ4n) is 2.40. The van der Waals surface area contributed by atoms with Crippen molar-refractivity contribution in [2.45, 2.75) is 6.36 Å². The van der Waals surface area contributed by atoms with Crippen molar-refractivity contribution in [3.63, 3.8) is 0 Å². The van der Waals surface area contributed by atoms with Gasteiger partial charge in [0.25, 0.3) is 17.4 Å². The number of benzene rings is 1. The number of hydrogen-bond donors (Lipinski definition) is 2. The molecule has 0 fully saturated rings. The Morgan fingerprint density at radius 2 is 1.84 bits per heavy atom. The van der Waals surface area contributed by atoms with E-state index < -0.39 is 29.5 Å². The van der Waals surface area contributed by atoms with E-state index in [0.717, 1.165) is 16.7 Å². The summed E-state index contributed by atoms with van der Waals surface area (Å²) in [6.45, 7) is 0. The van der Waals surface area contributed by atoms with E-state index in [0.29, 0.717) is 0 Å². The van der Waals surface area contributed by atoms with Crippen molar-refractivity contribution in [1.29, 1.82) is 0 Å². The lowest BCUT2D eigenvalue weighted by Crippen LogP contribution is -2.24. The minimum atomic E-state index is -4.94. The van der Waals surface area contributed by atoms with Gasteiger partial charge in [-0.05, 0) is 28.1 Å². The summed E-state index contributed by atoms with van der Waals surface area (Å²) in [5.41, 5.74) is 4.53. The normalized spacial score (nSPS) is 13.6. The summed E-state index contributed by atoms with van der Waals surface area (Å²) in [6.07, 6.45) is -4.94. The van der Waals surface area contributed by atoms with Crippen LogP contribution in [0, 0.1) is 0 Å². The molecule has 3 N–H and O–H groups in total. The van der Waals surface area contributed by atoms with E-state index in [2.05, 4.69) is 20.7 Å². The number of carbonyl (C=O) groups is 2. The van der Waals surface area contributed by atoms with Crippen LogP contribution in [0.4, 0.5) is 19.0 Å². The lowest BCUT2D eigenvalue weighted by atomic mass is 10.1. The van der Waals surface area contributed by atoms with Crippen LogP contribution in [0.25, 0.3) is 5.69 Å². The molecular weight excluding hydrogens is 411 g/mol. The number of nitrogen functional groups attached to an aromatic ring is 1. The number of aromatic nitrogens is 1. The third kappa shape index (κ3) is 2.86. The number of ether oxygens (including phenoxy) is 1. The van der Waals surface area contributed by atoms with E-state index in [1.54, 1.807) is 0 Å². The molecule has 2 aromatic rings. The van der Waals surface area contributed by atoms with Crippen LogP contribution in [0.1, 0.15) is 20.7 Å². The van der Waals surface area contributed by atoms with Crippen molar-refractivity contribution in [2.24, 2.45) is 0 Å². The predicted molar refractivity (Wildman–Crippen MR) is 82.6 cm³/mol. The zero-order valence-electron chi connectivity index (χ0n) is 12.0. The van der Waals surface area contributed by atoms with Gasteiger partial charge in [0, 0.05) is 6.07 Å². The Morgan fingerprint density at radius 3 is 2.48 bits per heavy atom. The van der Waals surface area contributed by atoms with Crippen LogP contribution in [0.5, 0.6) is 5.75 Å². The number of imide groups is 1. The first-order valence-corrected chi connectivity index (χ1v) is 7.35. The van der Waals surface area contributed by atoms with Crippen LogP contribution in [0.2, 0.25) is 0 Å². The monoisotopic (exact) mass is 417 g/mol. The van der Waals surface area contributed by atoms with Gasteiger partial charge in [-0.2, -0.15) is 0 Å². The largest absolute Gasteiger partial charge is 0.573 e. The Bertz CT molecular complexity index is 985. The SMILES string of the molecule is Nc1c2c(cc(=O)n1-c1cccc(OC(F)(F)F)c1Br)C(=O)NC2=O. The van der Waals surface area contributed by atoms with Gasteiger partial charge in [0.15, 0.2) is 0 Å². The number of pyridine rings is 1. The van der Waals surface area contributed by atoms with Crippen LogP contribution in [0.3, 0.4) is 0 Å². The summed E-state index contributed by atoms with van der Waals surface area (Å²) in [7, 11) is 0. The van der Waals surface area contributed by atoms with E-state index in [1.165, 1.54) is 12.1 Å². The highest BCUT2D eigenvalue weighted by molar-refractivity contribution is 9.10. The summed E-state index contributed by atoms with van der Waals surface area (Å²) in [5.74, 6) is -2.55. The third-order valence-electron chi connectivity index (χ3n) is 3.36. The van der Waals surface area contributed by atoms with Crippen molar-refractivity contribution in [1.82, 2.24) is 9.88 Å². The van der Waals surface area contributed by atoms with Gasteiger partial charge in [-0.15, -0.1) is 13.2 Å². The van der Waals surface area contributed by atoms with E-state index in [1.807, 2.05) is 5.32 Å². The highest BCUT2D eigenvalue weighted by Gasteiger charge is 2.34. The average Bonchev–Trinajstić information content (AvgIpc) is 2.76. The first-order valence-electron chi connectivity index (χ1n) is 6.56. The molecule has 11 heteroatoms. The third-order valence-corrected chi connectivity index (χ3v) is 4.16. The number of alkyl halides is 3. The Kier molecular flexibility index (Phi) is 3.82. The van der Waals surface area contributed by atoms with Crippen molar-refractivity contribution in [2.75, 3.05) is 5.73 Å². The predicted octanol–water partition coefficient (Wildman–Crippen LogP) is 1.96. The Hall–Kier alpha value is -2.82. The molecule has 2 amide bonds. The number of amides is 2. The molecule has 0 saturated carbocycles. The van der Waals surface area contributed by atoms with Crippen LogP contribution in [-0.2, 0) is 0 Å². The molecule has 0 bridgehead atoms. The maximum atomic E-state index is 12.5. The van der Waals surface area contributed by atoms with Crippen LogP contribution < -0.4 is 21.3 Å². The van der Waals surface area contributed by atoms with E-state index >= 15 is 0 Å². The average molecular weight is 418 g/mol. The van der Waals surface area contributed by atoms with Gasteiger partial charge in [0.05, 0.1) is 21.3 Å². The number of nitrogens with one attached hydrogen (secondary N) is 1. The first kappa shape index (κ1) is 17.0. The van der Waals surface area contributed by atoms with Crippen LogP contribution in [0.15, 0.2) is 33.5 Å². The number of carbonyl (C=O) groups excluding carboxylic acids is 2. The second kappa shape index (κ2) is 5.62. The number of nitrogens with zero attached hydrogens (tertiary/aromatic N) is 1. The maximum Gasteiger partial charge on any atom is 0.573 e. The van der Waals surface area contributed by atoms with Gasteiger partial charge in [-0.3, -0.25) is 24.3 Å². The second-order valence-corrected chi connectivity index (χ2v) is 5.71. The molecule has 0 spiro atoms. The van der Waals surface area contributed by atoms with E-state index in [-0.39, 0.29) is 27.1 Å². The summed E-state index contributed by atoms with van der Waals surface area (Å²) >= 11 is 2.94. The summed E-state index contributed by atoms with van der Waals surface area (Å²) < 4.78 is 41.9. The second-order valence-electron chi connectivity index (χ2n) is 4.91. The molecule has 1 aromatic heterocycles. The first-order chi connectivity index (χ1) is 11.6. The molecule has 130 valence electrons. The molecule has 0 aliphatic carbocycles. The van der Waals surface area contributed by atoms with Gasteiger partial charge in [0.1, 0.15) is 11.6 Å². The number of hydrogen-bond acceptors (Lipinski definition) is 5. The molecule has 2 heterocycles. The van der Waals surface area contributed by atoms with Crippen molar-refractivity contribution in [3.05, 3.63) is 50.2 Å². The molecular formula is C14H7BrF3N3O4. The number of rotatable bonds is 2. The summed E-state index contributed by atoms with van der Waals surface area (Å²) in [5, 5.41) is 1.99. The van der Waals surface area contributed by atoms with Gasteiger partial charge < -0.3 is 10.5 Å². The number of halogens is 4. The lowest BCUT2D eigenvalue weighted by molar-refractivity contribution is -0.274. The van der Waals surface area contributed by atoms with Gasteiger partial charge in [0.2, 0.25) is 0 Å². The highest BCUT2D eigenvalue weighted by atomic mass is 79.9. The zero-order valence-corrected chi connectivity index (χ0v) is 13.6.